The highest BCUT2D eigenvalue weighted by molar-refractivity contribution is 7.99. The average Bonchev–Trinajstić information content (AvgIpc) is 2.38. The first-order valence-corrected chi connectivity index (χ1v) is 7.31. The predicted molar refractivity (Wildman–Crippen MR) is 73.7 cm³/mol. The van der Waals surface area contributed by atoms with Gasteiger partial charge in [-0.05, 0) is 32.0 Å². The van der Waals surface area contributed by atoms with Crippen LogP contribution in [0.15, 0.2) is 23.4 Å². The SMILES string of the molecule is CCNC(C)(CO)CCSc1ccc(C(F)(F)F)cn1. The molecule has 1 aromatic rings. The Hall–Kier alpha value is -0.790. The zero-order chi connectivity index (χ0) is 15.2. The van der Waals surface area contributed by atoms with Crippen molar-refractivity contribution in [1.29, 1.82) is 0 Å². The molecule has 1 heterocycles. The molecule has 1 rings (SSSR count). The number of aliphatic hydroxyl groups is 1. The van der Waals surface area contributed by atoms with Crippen LogP contribution in [0, 0.1) is 0 Å². The third-order valence-corrected chi connectivity index (χ3v) is 3.87. The topological polar surface area (TPSA) is 45.1 Å². The molecule has 0 aliphatic rings. The van der Waals surface area contributed by atoms with Crippen molar-refractivity contribution in [1.82, 2.24) is 10.3 Å². The Morgan fingerprint density at radius 3 is 2.50 bits per heavy atom. The van der Waals surface area contributed by atoms with Crippen LogP contribution in [0.4, 0.5) is 13.2 Å². The van der Waals surface area contributed by atoms with E-state index in [0.29, 0.717) is 17.2 Å². The highest BCUT2D eigenvalue weighted by atomic mass is 32.2. The molecule has 0 saturated carbocycles. The highest BCUT2D eigenvalue weighted by Gasteiger charge is 2.30. The third kappa shape index (κ3) is 5.30. The molecule has 0 aliphatic heterocycles. The van der Waals surface area contributed by atoms with E-state index >= 15 is 0 Å². The Labute approximate surface area is 121 Å². The molecule has 1 atom stereocenters. The van der Waals surface area contributed by atoms with E-state index in [1.54, 1.807) is 0 Å². The predicted octanol–water partition coefficient (Wildman–Crippen LogP) is 2.94. The van der Waals surface area contributed by atoms with Crippen molar-refractivity contribution in [3.63, 3.8) is 0 Å². The van der Waals surface area contributed by atoms with Gasteiger partial charge in [-0.15, -0.1) is 11.8 Å². The van der Waals surface area contributed by atoms with E-state index in [1.165, 1.54) is 17.8 Å². The van der Waals surface area contributed by atoms with Gasteiger partial charge in [-0.3, -0.25) is 0 Å². The minimum absolute atomic E-state index is 0.0157. The van der Waals surface area contributed by atoms with E-state index in [2.05, 4.69) is 10.3 Å². The summed E-state index contributed by atoms with van der Waals surface area (Å²) in [5, 5.41) is 13.1. The van der Waals surface area contributed by atoms with Gasteiger partial charge in [-0.2, -0.15) is 13.2 Å². The molecule has 0 bridgehead atoms. The number of pyridine rings is 1. The molecule has 2 N–H and O–H groups in total. The van der Waals surface area contributed by atoms with Crippen LogP contribution in [0.25, 0.3) is 0 Å². The van der Waals surface area contributed by atoms with Crippen molar-refractivity contribution in [3.05, 3.63) is 23.9 Å². The van der Waals surface area contributed by atoms with Crippen LogP contribution in [0.2, 0.25) is 0 Å². The van der Waals surface area contributed by atoms with Crippen LogP contribution in [0.1, 0.15) is 25.8 Å². The summed E-state index contributed by atoms with van der Waals surface area (Å²) in [6.07, 6.45) is -2.81. The van der Waals surface area contributed by atoms with Gasteiger partial charge in [-0.25, -0.2) is 4.98 Å². The first kappa shape index (κ1) is 17.3. The largest absolute Gasteiger partial charge is 0.417 e. The minimum Gasteiger partial charge on any atom is -0.394 e. The monoisotopic (exact) mass is 308 g/mol. The summed E-state index contributed by atoms with van der Waals surface area (Å²) in [6.45, 7) is 4.64. The molecule has 0 radical (unpaired) electrons. The van der Waals surface area contributed by atoms with Crippen molar-refractivity contribution in [3.8, 4) is 0 Å². The summed E-state index contributed by atoms with van der Waals surface area (Å²) in [4.78, 5) is 3.80. The van der Waals surface area contributed by atoms with Crippen LogP contribution in [-0.4, -0.2) is 34.5 Å². The second-order valence-corrected chi connectivity index (χ2v) is 5.85. The van der Waals surface area contributed by atoms with Crippen LogP contribution in [0.5, 0.6) is 0 Å². The molecule has 0 saturated heterocycles. The quantitative estimate of drug-likeness (QED) is 0.760. The molecule has 0 spiro atoms. The maximum Gasteiger partial charge on any atom is 0.417 e. The summed E-state index contributed by atoms with van der Waals surface area (Å²) >= 11 is 1.38. The summed E-state index contributed by atoms with van der Waals surface area (Å²) in [5.74, 6) is 0.669. The summed E-state index contributed by atoms with van der Waals surface area (Å²) in [6, 6.07) is 2.40. The summed E-state index contributed by atoms with van der Waals surface area (Å²) in [7, 11) is 0. The van der Waals surface area contributed by atoms with Crippen LogP contribution < -0.4 is 5.32 Å². The Morgan fingerprint density at radius 1 is 1.35 bits per heavy atom. The van der Waals surface area contributed by atoms with E-state index in [0.717, 1.165) is 18.8 Å². The minimum atomic E-state index is -4.35. The molecule has 0 aromatic carbocycles. The first-order valence-electron chi connectivity index (χ1n) is 6.32. The summed E-state index contributed by atoms with van der Waals surface area (Å²) in [5.41, 5.74) is -1.11. The van der Waals surface area contributed by atoms with Gasteiger partial charge in [0.05, 0.1) is 17.2 Å². The van der Waals surface area contributed by atoms with Gasteiger partial charge in [-0.1, -0.05) is 6.92 Å². The number of alkyl halides is 3. The van der Waals surface area contributed by atoms with Gasteiger partial charge in [0.1, 0.15) is 0 Å². The van der Waals surface area contributed by atoms with Gasteiger partial charge in [0.25, 0.3) is 0 Å². The average molecular weight is 308 g/mol. The fourth-order valence-electron chi connectivity index (χ4n) is 1.66. The van der Waals surface area contributed by atoms with Crippen LogP contribution in [0.3, 0.4) is 0 Å². The number of nitrogens with zero attached hydrogens (tertiary/aromatic N) is 1. The zero-order valence-corrected chi connectivity index (χ0v) is 12.3. The number of aliphatic hydroxyl groups excluding tert-OH is 1. The third-order valence-electron chi connectivity index (χ3n) is 2.92. The highest BCUT2D eigenvalue weighted by Crippen LogP contribution is 2.29. The summed E-state index contributed by atoms with van der Waals surface area (Å²) < 4.78 is 37.1. The lowest BCUT2D eigenvalue weighted by Gasteiger charge is -2.28. The molecule has 0 aliphatic carbocycles. The fraction of sp³-hybridized carbons (Fsp3) is 0.615. The van der Waals surface area contributed by atoms with Crippen molar-refractivity contribution < 1.29 is 18.3 Å². The Bertz CT molecular complexity index is 411. The van der Waals surface area contributed by atoms with Gasteiger partial charge < -0.3 is 10.4 Å². The standard InChI is InChI=1S/C13H19F3N2OS/c1-3-18-12(2,9-19)6-7-20-11-5-4-10(8-17-11)13(14,15)16/h4-5,8,18-19H,3,6-7,9H2,1-2H3. The van der Waals surface area contributed by atoms with Crippen molar-refractivity contribution in [2.24, 2.45) is 0 Å². The van der Waals surface area contributed by atoms with Crippen LogP contribution in [-0.2, 0) is 6.18 Å². The van der Waals surface area contributed by atoms with Gasteiger partial charge >= 0.3 is 6.18 Å². The second kappa shape index (κ2) is 7.28. The van der Waals surface area contributed by atoms with Gasteiger partial charge in [0.2, 0.25) is 0 Å². The molecule has 7 heteroatoms. The molecular weight excluding hydrogens is 289 g/mol. The maximum absolute atomic E-state index is 12.4. The van der Waals surface area contributed by atoms with Gasteiger partial charge in [0.15, 0.2) is 0 Å². The number of hydrogen-bond acceptors (Lipinski definition) is 4. The van der Waals surface area contributed by atoms with Crippen molar-refractivity contribution in [2.45, 2.75) is 37.0 Å². The smallest absolute Gasteiger partial charge is 0.394 e. The van der Waals surface area contributed by atoms with E-state index in [-0.39, 0.29) is 12.1 Å². The van der Waals surface area contributed by atoms with E-state index in [1.807, 2.05) is 13.8 Å². The number of rotatable bonds is 7. The molecule has 1 unspecified atom stereocenters. The number of halogens is 3. The number of likely N-dealkylation sites (N-methyl/N-ethyl adjacent to an activating group) is 1. The maximum atomic E-state index is 12.4. The van der Waals surface area contributed by atoms with Gasteiger partial charge in [0, 0.05) is 17.5 Å². The lowest BCUT2D eigenvalue weighted by atomic mass is 10.0. The van der Waals surface area contributed by atoms with E-state index in [9.17, 15) is 18.3 Å². The molecule has 20 heavy (non-hydrogen) atoms. The molecule has 0 fully saturated rings. The normalized spacial score (nSPS) is 15.1. The Balaban J connectivity index is 2.50. The molecule has 114 valence electrons. The Kier molecular flexibility index (Phi) is 6.29. The number of hydrogen-bond donors (Lipinski definition) is 2. The molecule has 0 amide bonds. The van der Waals surface area contributed by atoms with E-state index < -0.39 is 11.7 Å². The molecule has 1 aromatic heterocycles. The second-order valence-electron chi connectivity index (χ2n) is 4.73. The lowest BCUT2D eigenvalue weighted by molar-refractivity contribution is -0.137. The van der Waals surface area contributed by atoms with E-state index in [4.69, 9.17) is 0 Å². The fourth-order valence-corrected chi connectivity index (χ4v) is 2.72. The van der Waals surface area contributed by atoms with Crippen LogP contribution >= 0.6 is 11.8 Å². The van der Waals surface area contributed by atoms with Crippen molar-refractivity contribution in [2.75, 3.05) is 18.9 Å². The number of nitrogens with one attached hydrogen (secondary N) is 1. The first-order chi connectivity index (χ1) is 9.30. The Morgan fingerprint density at radius 2 is 2.05 bits per heavy atom. The molecular formula is C13H19F3N2OS. The lowest BCUT2D eigenvalue weighted by Crippen LogP contribution is -2.46. The molecule has 3 nitrogen and oxygen atoms in total. The number of aromatic nitrogens is 1. The number of thioether (sulfide) groups is 1. The van der Waals surface area contributed by atoms with Crippen molar-refractivity contribution >= 4 is 11.8 Å². The zero-order valence-electron chi connectivity index (χ0n) is 11.5.